The molecule has 1 aliphatic heterocycles. The van der Waals surface area contributed by atoms with E-state index in [1.807, 2.05) is 18.7 Å². The molecule has 7 nitrogen and oxygen atoms in total. The fourth-order valence-electron chi connectivity index (χ4n) is 3.19. The van der Waals surface area contributed by atoms with Gasteiger partial charge in [0.25, 0.3) is 0 Å². The molecule has 1 aromatic heterocycles. The van der Waals surface area contributed by atoms with Gasteiger partial charge in [-0.2, -0.15) is 0 Å². The first-order valence-corrected chi connectivity index (χ1v) is 8.70. The predicted octanol–water partition coefficient (Wildman–Crippen LogP) is 2.59. The molecule has 0 radical (unpaired) electrons. The Kier molecular flexibility index (Phi) is 5.08. The molecule has 1 saturated heterocycles. The van der Waals surface area contributed by atoms with Gasteiger partial charge in [-0.25, -0.2) is 14.8 Å². The van der Waals surface area contributed by atoms with Crippen molar-refractivity contribution in [3.8, 4) is 17.0 Å². The fourth-order valence-corrected chi connectivity index (χ4v) is 3.19. The van der Waals surface area contributed by atoms with Crippen molar-refractivity contribution in [3.05, 3.63) is 36.0 Å². The molecule has 26 heavy (non-hydrogen) atoms. The number of benzene rings is 1. The van der Waals surface area contributed by atoms with Gasteiger partial charge in [-0.1, -0.05) is 0 Å². The molecule has 2 aromatic rings. The van der Waals surface area contributed by atoms with E-state index in [0.29, 0.717) is 36.1 Å². The van der Waals surface area contributed by atoms with Crippen LogP contribution in [-0.2, 0) is 0 Å². The molecule has 2 heterocycles. The van der Waals surface area contributed by atoms with Gasteiger partial charge in [0.15, 0.2) is 0 Å². The lowest BCUT2D eigenvalue weighted by atomic mass is 9.95. The standard InChI is InChI=1S/C19H23N3O4/c1-3-26-16-6-5-13(11-14(16)17(23)24)15-7-9-20-18(21-15)22-10-4-8-19(2,25)12-22/h5-7,9,11,25H,3-4,8,10,12H2,1-2H3,(H,23,24)/t19-/m1/s1. The van der Waals surface area contributed by atoms with E-state index in [4.69, 9.17) is 4.74 Å². The second-order valence-corrected chi connectivity index (χ2v) is 6.71. The van der Waals surface area contributed by atoms with Crippen molar-refractivity contribution in [2.75, 3.05) is 24.6 Å². The van der Waals surface area contributed by atoms with Gasteiger partial charge in [0.2, 0.25) is 5.95 Å². The smallest absolute Gasteiger partial charge is 0.339 e. The molecule has 0 unspecified atom stereocenters. The maximum Gasteiger partial charge on any atom is 0.339 e. The van der Waals surface area contributed by atoms with Crippen LogP contribution in [0, 0.1) is 0 Å². The van der Waals surface area contributed by atoms with Gasteiger partial charge in [0.05, 0.1) is 17.9 Å². The quantitative estimate of drug-likeness (QED) is 0.849. The minimum atomic E-state index is -1.04. The van der Waals surface area contributed by atoms with Crippen LogP contribution in [0.2, 0.25) is 0 Å². The Labute approximate surface area is 152 Å². The van der Waals surface area contributed by atoms with E-state index in [-0.39, 0.29) is 5.56 Å². The highest BCUT2D eigenvalue weighted by molar-refractivity contribution is 5.92. The number of hydrogen-bond acceptors (Lipinski definition) is 6. The number of aromatic nitrogens is 2. The number of ether oxygens (including phenoxy) is 1. The molecule has 1 atom stereocenters. The lowest BCUT2D eigenvalue weighted by molar-refractivity contribution is 0.0444. The van der Waals surface area contributed by atoms with E-state index < -0.39 is 11.6 Å². The van der Waals surface area contributed by atoms with Crippen molar-refractivity contribution in [1.29, 1.82) is 0 Å². The summed E-state index contributed by atoms with van der Waals surface area (Å²) in [6.45, 7) is 5.27. The number of aromatic carboxylic acids is 1. The lowest BCUT2D eigenvalue weighted by Crippen LogP contribution is -2.46. The minimum Gasteiger partial charge on any atom is -0.493 e. The topological polar surface area (TPSA) is 95.8 Å². The van der Waals surface area contributed by atoms with Crippen molar-refractivity contribution < 1.29 is 19.7 Å². The summed E-state index contributed by atoms with van der Waals surface area (Å²) in [6, 6.07) is 6.74. The van der Waals surface area contributed by atoms with Crippen LogP contribution in [-0.4, -0.2) is 51.4 Å². The van der Waals surface area contributed by atoms with E-state index in [9.17, 15) is 15.0 Å². The van der Waals surface area contributed by atoms with E-state index in [1.165, 1.54) is 0 Å². The largest absolute Gasteiger partial charge is 0.493 e. The third kappa shape index (κ3) is 3.94. The summed E-state index contributed by atoms with van der Waals surface area (Å²) in [6.07, 6.45) is 3.27. The predicted molar refractivity (Wildman–Crippen MR) is 97.7 cm³/mol. The Hall–Kier alpha value is -2.67. The van der Waals surface area contributed by atoms with Crippen LogP contribution < -0.4 is 9.64 Å². The van der Waals surface area contributed by atoms with Crippen molar-refractivity contribution in [3.63, 3.8) is 0 Å². The van der Waals surface area contributed by atoms with Crippen LogP contribution in [0.3, 0.4) is 0 Å². The Morgan fingerprint density at radius 3 is 2.88 bits per heavy atom. The van der Waals surface area contributed by atoms with Gasteiger partial charge < -0.3 is 19.8 Å². The van der Waals surface area contributed by atoms with E-state index >= 15 is 0 Å². The highest BCUT2D eigenvalue weighted by Crippen LogP contribution is 2.28. The number of carboxylic acid groups (broad SMARTS) is 1. The van der Waals surface area contributed by atoms with Crippen molar-refractivity contribution >= 4 is 11.9 Å². The Bertz CT molecular complexity index is 807. The van der Waals surface area contributed by atoms with Crippen LogP contribution >= 0.6 is 0 Å². The van der Waals surface area contributed by atoms with Crippen LogP contribution in [0.5, 0.6) is 5.75 Å². The number of rotatable bonds is 5. The second kappa shape index (κ2) is 7.29. The van der Waals surface area contributed by atoms with Crippen LogP contribution in [0.1, 0.15) is 37.0 Å². The van der Waals surface area contributed by atoms with Crippen molar-refractivity contribution in [1.82, 2.24) is 9.97 Å². The second-order valence-electron chi connectivity index (χ2n) is 6.71. The number of carboxylic acids is 1. The zero-order valence-electron chi connectivity index (χ0n) is 15.0. The number of hydrogen-bond donors (Lipinski definition) is 2. The van der Waals surface area contributed by atoms with Crippen LogP contribution in [0.4, 0.5) is 5.95 Å². The average Bonchev–Trinajstić information content (AvgIpc) is 2.61. The summed E-state index contributed by atoms with van der Waals surface area (Å²) < 4.78 is 5.38. The molecule has 0 amide bonds. The SMILES string of the molecule is CCOc1ccc(-c2ccnc(N3CCC[C@@](C)(O)C3)n2)cc1C(=O)O. The van der Waals surface area contributed by atoms with Gasteiger partial charge in [-0.15, -0.1) is 0 Å². The molecule has 0 spiro atoms. The summed E-state index contributed by atoms with van der Waals surface area (Å²) >= 11 is 0. The third-order valence-electron chi connectivity index (χ3n) is 4.41. The van der Waals surface area contributed by atoms with E-state index in [0.717, 1.165) is 19.4 Å². The molecular formula is C19H23N3O4. The van der Waals surface area contributed by atoms with Crippen molar-refractivity contribution in [2.45, 2.75) is 32.3 Å². The molecule has 0 aliphatic carbocycles. The van der Waals surface area contributed by atoms with Crippen LogP contribution in [0.15, 0.2) is 30.5 Å². The summed E-state index contributed by atoms with van der Waals surface area (Å²) in [5.74, 6) is -0.171. The fraction of sp³-hybridized carbons (Fsp3) is 0.421. The van der Waals surface area contributed by atoms with Gasteiger partial charge in [-0.05, 0) is 51.0 Å². The first-order chi connectivity index (χ1) is 12.4. The normalized spacial score (nSPS) is 20.0. The van der Waals surface area contributed by atoms with E-state index in [1.54, 1.807) is 30.5 Å². The van der Waals surface area contributed by atoms with Crippen molar-refractivity contribution in [2.24, 2.45) is 0 Å². The van der Waals surface area contributed by atoms with Gasteiger partial charge in [0.1, 0.15) is 11.3 Å². The Balaban J connectivity index is 1.93. The molecule has 1 fully saturated rings. The van der Waals surface area contributed by atoms with Crippen LogP contribution in [0.25, 0.3) is 11.3 Å². The summed E-state index contributed by atoms with van der Waals surface area (Å²) in [7, 11) is 0. The zero-order valence-corrected chi connectivity index (χ0v) is 15.0. The average molecular weight is 357 g/mol. The Morgan fingerprint density at radius 2 is 2.19 bits per heavy atom. The highest BCUT2D eigenvalue weighted by atomic mass is 16.5. The summed E-state index contributed by atoms with van der Waals surface area (Å²) in [5, 5.41) is 19.7. The monoisotopic (exact) mass is 357 g/mol. The number of anilines is 1. The molecular weight excluding hydrogens is 334 g/mol. The molecule has 1 aliphatic rings. The zero-order chi connectivity index (χ0) is 18.7. The molecule has 0 saturated carbocycles. The minimum absolute atomic E-state index is 0.102. The maximum absolute atomic E-state index is 11.5. The first kappa shape index (κ1) is 18.1. The number of nitrogens with zero attached hydrogens (tertiary/aromatic N) is 3. The highest BCUT2D eigenvalue weighted by Gasteiger charge is 2.29. The first-order valence-electron chi connectivity index (χ1n) is 8.70. The third-order valence-corrected chi connectivity index (χ3v) is 4.41. The maximum atomic E-state index is 11.5. The molecule has 7 heteroatoms. The number of aliphatic hydroxyl groups is 1. The number of β-amino-alcohol motifs (C(OH)–C–C–N with tert-alkyl or cyclic N) is 1. The van der Waals surface area contributed by atoms with Gasteiger partial charge in [-0.3, -0.25) is 0 Å². The molecule has 1 aromatic carbocycles. The van der Waals surface area contributed by atoms with Gasteiger partial charge in [0, 0.05) is 24.8 Å². The van der Waals surface area contributed by atoms with Gasteiger partial charge >= 0.3 is 5.97 Å². The number of carbonyl (C=O) groups is 1. The van der Waals surface area contributed by atoms with E-state index in [2.05, 4.69) is 9.97 Å². The Morgan fingerprint density at radius 1 is 1.38 bits per heavy atom. The summed E-state index contributed by atoms with van der Waals surface area (Å²) in [5.41, 5.74) is 0.655. The lowest BCUT2D eigenvalue weighted by Gasteiger charge is -2.36. The molecule has 0 bridgehead atoms. The molecule has 2 N–H and O–H groups in total. The molecule has 3 rings (SSSR count). The summed E-state index contributed by atoms with van der Waals surface area (Å²) in [4.78, 5) is 22.4. The molecule has 138 valence electrons. The number of piperidine rings is 1.